The molecular formula is C22H22N2O5S2. The van der Waals surface area contributed by atoms with Gasteiger partial charge in [-0.2, -0.15) is 4.99 Å². The molecule has 9 heteroatoms. The normalized spacial score (nSPS) is 24.5. The maximum absolute atomic E-state index is 12.6. The highest BCUT2D eigenvalue weighted by Crippen LogP contribution is 2.40. The first-order valence-corrected chi connectivity index (χ1v) is 12.8. The van der Waals surface area contributed by atoms with Crippen molar-refractivity contribution in [1.29, 1.82) is 0 Å². The van der Waals surface area contributed by atoms with E-state index in [1.165, 1.54) is 11.8 Å². The first kappa shape index (κ1) is 20.4. The number of amides is 1. The number of amidine groups is 1. The second kappa shape index (κ2) is 8.20. The van der Waals surface area contributed by atoms with Crippen LogP contribution in [0.15, 0.2) is 53.5 Å². The van der Waals surface area contributed by atoms with Crippen LogP contribution >= 0.6 is 11.8 Å². The number of carbonyl (C=O) groups excluding carboxylic acids is 1. The summed E-state index contributed by atoms with van der Waals surface area (Å²) in [6, 6.07) is 15.3. The molecule has 31 heavy (non-hydrogen) atoms. The second-order valence-electron chi connectivity index (χ2n) is 7.89. The maximum Gasteiger partial charge on any atom is 0.248 e. The SMILES string of the molecule is O=C(CCc1ccccc1)N=C1S[C@H]2CS(=O)(=O)C[C@@H]2N1Cc1ccc2c(c1)OCO2. The van der Waals surface area contributed by atoms with Crippen LogP contribution in [0, 0.1) is 0 Å². The number of rotatable bonds is 5. The van der Waals surface area contributed by atoms with Crippen LogP contribution < -0.4 is 9.47 Å². The minimum Gasteiger partial charge on any atom is -0.454 e. The van der Waals surface area contributed by atoms with Crippen LogP contribution in [-0.4, -0.2) is 54.0 Å². The van der Waals surface area contributed by atoms with E-state index in [0.717, 1.165) is 11.1 Å². The first-order valence-electron chi connectivity index (χ1n) is 10.1. The van der Waals surface area contributed by atoms with Gasteiger partial charge in [0.15, 0.2) is 26.5 Å². The maximum atomic E-state index is 12.6. The van der Waals surface area contributed by atoms with Crippen molar-refractivity contribution >= 4 is 32.7 Å². The third-order valence-electron chi connectivity index (χ3n) is 5.66. The van der Waals surface area contributed by atoms with E-state index in [0.29, 0.717) is 36.1 Å². The van der Waals surface area contributed by atoms with Gasteiger partial charge in [0.05, 0.1) is 17.5 Å². The van der Waals surface area contributed by atoms with Crippen LogP contribution in [0.1, 0.15) is 17.5 Å². The number of sulfone groups is 1. The lowest BCUT2D eigenvalue weighted by Gasteiger charge is -2.24. The van der Waals surface area contributed by atoms with Gasteiger partial charge in [0.1, 0.15) is 0 Å². The molecule has 162 valence electrons. The molecule has 0 aliphatic carbocycles. The molecule has 0 N–H and O–H groups in total. The summed E-state index contributed by atoms with van der Waals surface area (Å²) < 4.78 is 35.2. The minimum absolute atomic E-state index is 0.0897. The van der Waals surface area contributed by atoms with Crippen LogP contribution in [-0.2, 0) is 27.6 Å². The van der Waals surface area contributed by atoms with Crippen LogP contribution in [0.3, 0.4) is 0 Å². The minimum atomic E-state index is -3.09. The smallest absolute Gasteiger partial charge is 0.248 e. The number of hydrogen-bond acceptors (Lipinski definition) is 6. The predicted octanol–water partition coefficient (Wildman–Crippen LogP) is 2.65. The van der Waals surface area contributed by atoms with Crippen molar-refractivity contribution in [2.24, 2.45) is 4.99 Å². The van der Waals surface area contributed by atoms with E-state index in [4.69, 9.17) is 9.47 Å². The topological polar surface area (TPSA) is 85.3 Å². The number of thioether (sulfide) groups is 1. The van der Waals surface area contributed by atoms with Gasteiger partial charge in [-0.1, -0.05) is 48.2 Å². The molecule has 2 saturated heterocycles. The van der Waals surface area contributed by atoms with Gasteiger partial charge in [0.2, 0.25) is 12.7 Å². The van der Waals surface area contributed by atoms with Gasteiger partial charge in [-0.3, -0.25) is 4.79 Å². The van der Waals surface area contributed by atoms with Gasteiger partial charge in [-0.05, 0) is 29.7 Å². The zero-order valence-corrected chi connectivity index (χ0v) is 18.4. The summed E-state index contributed by atoms with van der Waals surface area (Å²) in [5.74, 6) is 1.40. The Morgan fingerprint density at radius 2 is 1.87 bits per heavy atom. The number of aliphatic imine (C=N–C) groups is 1. The zero-order chi connectivity index (χ0) is 21.4. The van der Waals surface area contributed by atoms with Gasteiger partial charge in [0, 0.05) is 18.2 Å². The fraction of sp³-hybridized carbons (Fsp3) is 0.364. The molecule has 2 aromatic rings. The molecule has 5 rings (SSSR count). The number of nitrogens with zero attached hydrogens (tertiary/aromatic N) is 2. The number of carbonyl (C=O) groups is 1. The molecule has 7 nitrogen and oxygen atoms in total. The molecule has 2 aromatic carbocycles. The van der Waals surface area contributed by atoms with Crippen molar-refractivity contribution in [3.05, 3.63) is 59.7 Å². The van der Waals surface area contributed by atoms with E-state index in [2.05, 4.69) is 4.99 Å². The highest BCUT2D eigenvalue weighted by molar-refractivity contribution is 8.15. The molecule has 3 heterocycles. The van der Waals surface area contributed by atoms with Crippen molar-refractivity contribution in [3.63, 3.8) is 0 Å². The fourth-order valence-corrected chi connectivity index (χ4v) is 8.08. The van der Waals surface area contributed by atoms with Crippen LogP contribution in [0.2, 0.25) is 0 Å². The van der Waals surface area contributed by atoms with E-state index < -0.39 is 9.84 Å². The highest BCUT2D eigenvalue weighted by Gasteiger charge is 2.48. The zero-order valence-electron chi connectivity index (χ0n) is 16.8. The Morgan fingerprint density at radius 1 is 1.06 bits per heavy atom. The lowest BCUT2D eigenvalue weighted by Crippen LogP contribution is -2.37. The third kappa shape index (κ3) is 4.43. The summed E-state index contributed by atoms with van der Waals surface area (Å²) in [5, 5.41) is 0.514. The lowest BCUT2D eigenvalue weighted by atomic mass is 10.1. The van der Waals surface area contributed by atoms with Gasteiger partial charge in [0.25, 0.3) is 0 Å². The molecule has 0 bridgehead atoms. The lowest BCUT2D eigenvalue weighted by molar-refractivity contribution is -0.117. The van der Waals surface area contributed by atoms with Crippen LogP contribution in [0.5, 0.6) is 11.5 Å². The average molecular weight is 459 g/mol. The Balaban J connectivity index is 1.35. The number of ether oxygens (including phenoxy) is 2. The van der Waals surface area contributed by atoms with E-state index in [9.17, 15) is 13.2 Å². The van der Waals surface area contributed by atoms with Crippen LogP contribution in [0.25, 0.3) is 0 Å². The quantitative estimate of drug-likeness (QED) is 0.681. The second-order valence-corrected chi connectivity index (χ2v) is 11.2. The van der Waals surface area contributed by atoms with E-state index in [-0.39, 0.29) is 35.5 Å². The van der Waals surface area contributed by atoms with Crippen molar-refractivity contribution in [3.8, 4) is 11.5 Å². The van der Waals surface area contributed by atoms with Gasteiger partial charge < -0.3 is 14.4 Å². The van der Waals surface area contributed by atoms with Crippen molar-refractivity contribution in [2.75, 3.05) is 18.3 Å². The predicted molar refractivity (Wildman–Crippen MR) is 119 cm³/mol. The van der Waals surface area contributed by atoms with Crippen molar-refractivity contribution in [1.82, 2.24) is 4.90 Å². The first-order chi connectivity index (χ1) is 15.0. The van der Waals surface area contributed by atoms with Gasteiger partial charge in [-0.25, -0.2) is 8.42 Å². The van der Waals surface area contributed by atoms with E-state index in [1.54, 1.807) is 0 Å². The molecule has 0 saturated carbocycles. The van der Waals surface area contributed by atoms with Crippen LogP contribution in [0.4, 0.5) is 0 Å². The molecule has 0 spiro atoms. The summed E-state index contributed by atoms with van der Waals surface area (Å²) in [7, 11) is -3.09. The summed E-state index contributed by atoms with van der Waals surface area (Å²) >= 11 is 1.41. The molecule has 0 radical (unpaired) electrons. The Kier molecular flexibility index (Phi) is 5.39. The third-order valence-corrected chi connectivity index (χ3v) is 8.90. The molecular weight excluding hydrogens is 436 g/mol. The van der Waals surface area contributed by atoms with Gasteiger partial charge >= 0.3 is 0 Å². The molecule has 3 aliphatic heterocycles. The van der Waals surface area contributed by atoms with E-state index in [1.807, 2.05) is 53.4 Å². The molecule has 2 atom stereocenters. The fourth-order valence-electron chi connectivity index (χ4n) is 4.12. The number of fused-ring (bicyclic) bond motifs is 2. The Morgan fingerprint density at radius 3 is 2.71 bits per heavy atom. The Labute approximate surface area is 185 Å². The number of aryl methyl sites for hydroxylation is 1. The summed E-state index contributed by atoms with van der Waals surface area (Å²) in [4.78, 5) is 18.9. The summed E-state index contributed by atoms with van der Waals surface area (Å²) in [6.07, 6.45) is 0.948. The summed E-state index contributed by atoms with van der Waals surface area (Å²) in [5.41, 5.74) is 2.05. The van der Waals surface area contributed by atoms with Gasteiger partial charge in [-0.15, -0.1) is 0 Å². The molecule has 3 aliphatic rings. The largest absolute Gasteiger partial charge is 0.454 e. The standard InChI is InChI=1S/C22H22N2O5S2/c25-21(9-7-15-4-2-1-3-5-15)23-22-24(17-12-31(26,27)13-20(17)30-22)11-16-6-8-18-19(10-16)29-14-28-18/h1-6,8,10,17,20H,7,9,11-14H2/t17-,20-/m0/s1. The van der Waals surface area contributed by atoms with Crippen molar-refractivity contribution < 1.29 is 22.7 Å². The highest BCUT2D eigenvalue weighted by atomic mass is 32.2. The molecule has 0 aromatic heterocycles. The van der Waals surface area contributed by atoms with E-state index >= 15 is 0 Å². The average Bonchev–Trinajstić information content (AvgIpc) is 3.41. The van der Waals surface area contributed by atoms with Crippen molar-refractivity contribution in [2.45, 2.75) is 30.7 Å². The molecule has 0 unspecified atom stereocenters. The Hall–Kier alpha value is -2.52. The Bertz CT molecular complexity index is 1130. The number of hydrogen-bond donors (Lipinski definition) is 0. The number of benzene rings is 2. The monoisotopic (exact) mass is 458 g/mol. The molecule has 2 fully saturated rings. The molecule has 1 amide bonds. The summed E-state index contributed by atoms with van der Waals surface area (Å²) in [6.45, 7) is 0.662.